The third-order valence-electron chi connectivity index (χ3n) is 2.46. The largest absolute Gasteiger partial charge is 0.360 e. The molecule has 0 saturated carbocycles. The van der Waals surface area contributed by atoms with E-state index < -0.39 is 6.03 Å². The molecule has 1 aliphatic heterocycles. The average molecular weight is 235 g/mol. The highest BCUT2D eigenvalue weighted by molar-refractivity contribution is 6.36. The summed E-state index contributed by atoms with van der Waals surface area (Å²) in [5, 5.41) is 0. The number of fused-ring (bicyclic) bond motifs is 1. The van der Waals surface area contributed by atoms with Gasteiger partial charge in [0.2, 0.25) is 0 Å². The zero-order valence-electron chi connectivity index (χ0n) is 7.24. The molecule has 14 heavy (non-hydrogen) atoms. The Morgan fingerprint density at radius 1 is 1.29 bits per heavy atom. The molecule has 0 radical (unpaired) electrons. The number of hydrogen-bond acceptors (Lipinski definition) is 2. The lowest BCUT2D eigenvalue weighted by molar-refractivity contribution is -0.129. The molecule has 1 heterocycles. The molecule has 2 aliphatic rings. The minimum Gasteiger partial charge on any atom is -0.272 e. The summed E-state index contributed by atoms with van der Waals surface area (Å²) < 4.78 is 1.48. The van der Waals surface area contributed by atoms with Crippen molar-refractivity contribution in [1.82, 2.24) is 8.84 Å². The first-order valence-corrected chi connectivity index (χ1v) is 5.00. The van der Waals surface area contributed by atoms with Crippen molar-refractivity contribution in [3.63, 3.8) is 0 Å². The third-order valence-corrected chi connectivity index (χ3v) is 3.11. The lowest BCUT2D eigenvalue weighted by atomic mass is 9.90. The van der Waals surface area contributed by atoms with Gasteiger partial charge in [0.15, 0.2) is 0 Å². The Kier molecular flexibility index (Phi) is 2.41. The standard InChI is InChI=1S/C8H8Cl2N2O2/c9-11-6-4-2-1-3-5(6)7(13)12(10)8(11)14/h4-5H,1-3H2. The summed E-state index contributed by atoms with van der Waals surface area (Å²) in [5.74, 6) is -0.726. The maximum absolute atomic E-state index is 11.6. The first kappa shape index (κ1) is 9.80. The monoisotopic (exact) mass is 234 g/mol. The molecule has 6 heteroatoms. The fourth-order valence-corrected chi connectivity index (χ4v) is 2.24. The van der Waals surface area contributed by atoms with Crippen molar-refractivity contribution in [3.8, 4) is 0 Å². The van der Waals surface area contributed by atoms with E-state index in [1.54, 1.807) is 0 Å². The number of rotatable bonds is 0. The molecule has 1 atom stereocenters. The van der Waals surface area contributed by atoms with Crippen molar-refractivity contribution in [1.29, 1.82) is 0 Å². The minimum absolute atomic E-state index is 0.351. The third kappa shape index (κ3) is 1.29. The van der Waals surface area contributed by atoms with Crippen molar-refractivity contribution in [2.45, 2.75) is 19.3 Å². The van der Waals surface area contributed by atoms with Crippen LogP contribution in [0.1, 0.15) is 19.3 Å². The van der Waals surface area contributed by atoms with Crippen molar-refractivity contribution in [2.75, 3.05) is 0 Å². The summed E-state index contributed by atoms with van der Waals surface area (Å²) in [7, 11) is 0. The van der Waals surface area contributed by atoms with E-state index >= 15 is 0 Å². The second-order valence-electron chi connectivity index (χ2n) is 3.29. The summed E-state index contributed by atoms with van der Waals surface area (Å²) in [5.41, 5.74) is 0.574. The summed E-state index contributed by atoms with van der Waals surface area (Å²) in [6.07, 6.45) is 4.28. The van der Waals surface area contributed by atoms with Gasteiger partial charge in [0.1, 0.15) is 0 Å². The predicted octanol–water partition coefficient (Wildman–Crippen LogP) is 2.24. The number of amides is 3. The predicted molar refractivity (Wildman–Crippen MR) is 51.2 cm³/mol. The van der Waals surface area contributed by atoms with Gasteiger partial charge in [-0.25, -0.2) is 9.21 Å². The summed E-state index contributed by atoms with van der Waals surface area (Å²) in [6, 6.07) is -0.692. The molecule has 3 amide bonds. The van der Waals surface area contributed by atoms with E-state index in [1.807, 2.05) is 6.08 Å². The van der Waals surface area contributed by atoms with E-state index in [2.05, 4.69) is 0 Å². The van der Waals surface area contributed by atoms with E-state index in [4.69, 9.17) is 23.6 Å². The Hall–Kier alpha value is -0.740. The van der Waals surface area contributed by atoms with Crippen molar-refractivity contribution in [2.24, 2.45) is 5.92 Å². The molecule has 0 spiro atoms. The van der Waals surface area contributed by atoms with Crippen LogP contribution in [0.15, 0.2) is 11.8 Å². The molecule has 0 aromatic rings. The van der Waals surface area contributed by atoms with Crippen molar-refractivity contribution in [3.05, 3.63) is 11.8 Å². The van der Waals surface area contributed by atoms with Crippen LogP contribution in [-0.4, -0.2) is 20.8 Å². The molecular weight excluding hydrogens is 227 g/mol. The van der Waals surface area contributed by atoms with E-state index in [0.29, 0.717) is 16.5 Å². The molecule has 1 unspecified atom stereocenters. The van der Waals surface area contributed by atoms with Gasteiger partial charge < -0.3 is 0 Å². The fourth-order valence-electron chi connectivity index (χ4n) is 1.75. The van der Waals surface area contributed by atoms with Crippen molar-refractivity contribution >= 4 is 35.5 Å². The second kappa shape index (κ2) is 3.44. The smallest absolute Gasteiger partial charge is 0.272 e. The number of nitrogens with zero attached hydrogens (tertiary/aromatic N) is 2. The molecule has 1 aliphatic carbocycles. The highest BCUT2D eigenvalue weighted by Crippen LogP contribution is 2.35. The highest BCUT2D eigenvalue weighted by Gasteiger charge is 2.42. The van der Waals surface area contributed by atoms with Crippen molar-refractivity contribution < 1.29 is 9.59 Å². The Morgan fingerprint density at radius 2 is 2.00 bits per heavy atom. The van der Waals surface area contributed by atoms with Gasteiger partial charge in [0, 0.05) is 29.3 Å². The van der Waals surface area contributed by atoms with Crippen LogP contribution in [0.2, 0.25) is 0 Å². The average Bonchev–Trinajstić information content (AvgIpc) is 2.23. The minimum atomic E-state index is -0.692. The van der Waals surface area contributed by atoms with Crippen LogP contribution >= 0.6 is 23.6 Å². The molecule has 4 nitrogen and oxygen atoms in total. The summed E-state index contributed by atoms with van der Waals surface area (Å²) >= 11 is 11.3. The van der Waals surface area contributed by atoms with Crippen LogP contribution < -0.4 is 0 Å². The number of hydrogen-bond donors (Lipinski definition) is 0. The first-order valence-electron chi connectivity index (χ1n) is 4.32. The SMILES string of the molecule is O=C1C2CCCC=C2N(Cl)C(=O)N1Cl. The maximum Gasteiger partial charge on any atom is 0.360 e. The molecular formula is C8H8Cl2N2O2. The van der Waals surface area contributed by atoms with Gasteiger partial charge in [0.05, 0.1) is 5.92 Å². The number of carbonyl (C=O) groups excluding carboxylic acids is 2. The van der Waals surface area contributed by atoms with Crippen LogP contribution in [0.25, 0.3) is 0 Å². The van der Waals surface area contributed by atoms with E-state index in [9.17, 15) is 9.59 Å². The first-order chi connectivity index (χ1) is 6.63. The summed E-state index contributed by atoms with van der Waals surface area (Å²) in [4.78, 5) is 22.9. The number of halogens is 2. The number of urea groups is 1. The highest BCUT2D eigenvalue weighted by atomic mass is 35.5. The van der Waals surface area contributed by atoms with E-state index in [1.165, 1.54) is 0 Å². The molecule has 0 N–H and O–H groups in total. The molecule has 1 fully saturated rings. The van der Waals surface area contributed by atoms with Crippen LogP contribution in [0.5, 0.6) is 0 Å². The maximum atomic E-state index is 11.6. The molecule has 0 aromatic carbocycles. The van der Waals surface area contributed by atoms with Crippen LogP contribution in [-0.2, 0) is 4.79 Å². The number of imide groups is 1. The topological polar surface area (TPSA) is 40.6 Å². The Bertz CT molecular complexity index is 329. The molecule has 2 rings (SSSR count). The molecule has 0 aromatic heterocycles. The number of carbonyl (C=O) groups is 2. The van der Waals surface area contributed by atoms with Gasteiger partial charge >= 0.3 is 6.03 Å². The van der Waals surface area contributed by atoms with Crippen LogP contribution in [0.3, 0.4) is 0 Å². The Balaban J connectivity index is 2.37. The van der Waals surface area contributed by atoms with Crippen LogP contribution in [0.4, 0.5) is 4.79 Å². The van der Waals surface area contributed by atoms with Gasteiger partial charge in [-0.2, -0.15) is 4.42 Å². The number of allylic oxidation sites excluding steroid dienone is 1. The van der Waals surface area contributed by atoms with Crippen LogP contribution in [0, 0.1) is 5.92 Å². The normalized spacial score (nSPS) is 27.6. The van der Waals surface area contributed by atoms with Gasteiger partial charge in [-0.05, 0) is 19.3 Å². The zero-order valence-corrected chi connectivity index (χ0v) is 8.75. The lowest BCUT2D eigenvalue weighted by Crippen LogP contribution is -2.48. The zero-order chi connectivity index (χ0) is 10.3. The lowest BCUT2D eigenvalue weighted by Gasteiger charge is -2.35. The second-order valence-corrected chi connectivity index (χ2v) is 3.97. The van der Waals surface area contributed by atoms with E-state index in [0.717, 1.165) is 17.3 Å². The quantitative estimate of drug-likeness (QED) is 0.604. The Morgan fingerprint density at radius 3 is 2.71 bits per heavy atom. The van der Waals surface area contributed by atoms with Gasteiger partial charge in [-0.1, -0.05) is 6.08 Å². The summed E-state index contributed by atoms with van der Waals surface area (Å²) in [6.45, 7) is 0. The molecule has 0 bridgehead atoms. The van der Waals surface area contributed by atoms with Gasteiger partial charge in [-0.3, -0.25) is 4.79 Å². The van der Waals surface area contributed by atoms with E-state index in [-0.39, 0.29) is 11.8 Å². The molecule has 76 valence electrons. The molecule has 1 saturated heterocycles. The Labute approximate surface area is 91.3 Å². The van der Waals surface area contributed by atoms with Gasteiger partial charge in [-0.15, -0.1) is 0 Å². The fraction of sp³-hybridized carbons (Fsp3) is 0.500. The van der Waals surface area contributed by atoms with Gasteiger partial charge in [0.25, 0.3) is 5.91 Å².